The van der Waals surface area contributed by atoms with Gasteiger partial charge in [-0.2, -0.15) is 0 Å². The highest BCUT2D eigenvalue weighted by molar-refractivity contribution is 7.09. The van der Waals surface area contributed by atoms with E-state index in [4.69, 9.17) is 0 Å². The molecule has 0 aliphatic carbocycles. The van der Waals surface area contributed by atoms with Gasteiger partial charge in [0.1, 0.15) is 11.5 Å². The molecule has 5 rings (SSSR count). The monoisotopic (exact) mass is 417 g/mol. The second kappa shape index (κ2) is 8.36. The Morgan fingerprint density at radius 3 is 2.93 bits per heavy atom. The molecule has 0 bridgehead atoms. The summed E-state index contributed by atoms with van der Waals surface area (Å²) in [5, 5.41) is 2.92. The van der Waals surface area contributed by atoms with Gasteiger partial charge >= 0.3 is 0 Å². The number of imidazole rings is 1. The number of benzene rings is 1. The molecular formula is C23H23N5OS. The summed E-state index contributed by atoms with van der Waals surface area (Å²) in [4.78, 5) is 31.7. The third-order valence-electron chi connectivity index (χ3n) is 5.53. The van der Waals surface area contributed by atoms with Gasteiger partial charge in [0.2, 0.25) is 0 Å². The number of hydrogen-bond donors (Lipinski definition) is 1. The largest absolute Gasteiger partial charge is 0.342 e. The number of aromatic amines is 1. The summed E-state index contributed by atoms with van der Waals surface area (Å²) in [7, 11) is 0. The van der Waals surface area contributed by atoms with Crippen molar-refractivity contribution in [1.82, 2.24) is 24.8 Å². The second-order valence-corrected chi connectivity index (χ2v) is 8.56. The number of hydrogen-bond acceptors (Lipinski definition) is 5. The van der Waals surface area contributed by atoms with Crippen LogP contribution in [0, 0.1) is 0 Å². The van der Waals surface area contributed by atoms with E-state index >= 15 is 0 Å². The minimum absolute atomic E-state index is 0.0103. The van der Waals surface area contributed by atoms with Gasteiger partial charge in [-0.05, 0) is 49.4 Å². The Morgan fingerprint density at radius 2 is 2.00 bits per heavy atom. The number of amides is 1. The minimum atomic E-state index is 0.0103. The van der Waals surface area contributed by atoms with E-state index < -0.39 is 0 Å². The Morgan fingerprint density at radius 1 is 1.10 bits per heavy atom. The topological polar surface area (TPSA) is 74.8 Å². The van der Waals surface area contributed by atoms with Crippen molar-refractivity contribution in [2.24, 2.45) is 0 Å². The summed E-state index contributed by atoms with van der Waals surface area (Å²) >= 11 is 1.58. The van der Waals surface area contributed by atoms with Gasteiger partial charge < -0.3 is 9.88 Å². The summed E-state index contributed by atoms with van der Waals surface area (Å²) in [6.45, 7) is 1.29. The van der Waals surface area contributed by atoms with Gasteiger partial charge in [0.15, 0.2) is 0 Å². The first kappa shape index (κ1) is 18.9. The molecule has 152 valence electrons. The van der Waals surface area contributed by atoms with Crippen LogP contribution in [-0.2, 0) is 25.8 Å². The zero-order chi connectivity index (χ0) is 20.3. The first-order chi connectivity index (χ1) is 14.8. The molecule has 0 fully saturated rings. The van der Waals surface area contributed by atoms with Crippen molar-refractivity contribution in [1.29, 1.82) is 0 Å². The highest BCUT2D eigenvalue weighted by atomic mass is 32.1. The highest BCUT2D eigenvalue weighted by Crippen LogP contribution is 2.20. The van der Waals surface area contributed by atoms with Crippen LogP contribution in [0.15, 0.2) is 48.0 Å². The minimum Gasteiger partial charge on any atom is -0.342 e. The molecule has 30 heavy (non-hydrogen) atoms. The lowest BCUT2D eigenvalue weighted by atomic mass is 10.1. The fraction of sp³-hybridized carbons (Fsp3) is 0.304. The molecule has 0 spiro atoms. The van der Waals surface area contributed by atoms with Crippen LogP contribution in [0.25, 0.3) is 11.0 Å². The molecule has 1 aliphatic rings. The normalized spacial score (nSPS) is 13.5. The van der Waals surface area contributed by atoms with E-state index in [0.29, 0.717) is 12.2 Å². The molecular weight excluding hydrogens is 394 g/mol. The maximum absolute atomic E-state index is 12.9. The van der Waals surface area contributed by atoms with E-state index in [1.54, 1.807) is 17.5 Å². The number of nitrogens with zero attached hydrogens (tertiary/aromatic N) is 4. The number of carbonyl (C=O) groups is 1. The summed E-state index contributed by atoms with van der Waals surface area (Å²) in [5.74, 6) is 1.04. The Bertz CT molecular complexity index is 1150. The number of nitrogens with one attached hydrogen (secondary N) is 1. The van der Waals surface area contributed by atoms with Gasteiger partial charge in [-0.1, -0.05) is 18.2 Å². The third kappa shape index (κ3) is 3.98. The maximum Gasteiger partial charge on any atom is 0.273 e. The predicted octanol–water partition coefficient (Wildman–Crippen LogP) is 4.18. The number of pyridine rings is 1. The fourth-order valence-corrected chi connectivity index (χ4v) is 4.72. The summed E-state index contributed by atoms with van der Waals surface area (Å²) < 4.78 is 0. The number of para-hydroxylation sites is 2. The number of unbranched alkanes of at least 4 members (excludes halogenated alkanes) is 1. The zero-order valence-corrected chi connectivity index (χ0v) is 17.5. The number of H-pyrrole nitrogens is 1. The van der Waals surface area contributed by atoms with Gasteiger partial charge in [-0.25, -0.2) is 9.97 Å². The first-order valence-electron chi connectivity index (χ1n) is 10.4. The van der Waals surface area contributed by atoms with E-state index in [9.17, 15) is 4.79 Å². The van der Waals surface area contributed by atoms with Gasteiger partial charge in [-0.3, -0.25) is 9.78 Å². The Labute approximate surface area is 179 Å². The maximum atomic E-state index is 12.9. The van der Waals surface area contributed by atoms with Crippen LogP contribution in [0.3, 0.4) is 0 Å². The SMILES string of the molecule is O=C(c1csc(CCCCc2nc3ccccc3[nH]2)n1)N1CCc2cccnc2C1. The highest BCUT2D eigenvalue weighted by Gasteiger charge is 2.24. The number of carbonyl (C=O) groups excluding carboxylic acids is 1. The molecule has 0 saturated carbocycles. The molecule has 1 aromatic carbocycles. The predicted molar refractivity (Wildman–Crippen MR) is 118 cm³/mol. The summed E-state index contributed by atoms with van der Waals surface area (Å²) in [6, 6.07) is 12.2. The quantitative estimate of drug-likeness (QED) is 0.478. The molecule has 0 unspecified atom stereocenters. The molecule has 0 saturated heterocycles. The first-order valence-corrected chi connectivity index (χ1v) is 11.2. The molecule has 0 radical (unpaired) electrons. The van der Waals surface area contributed by atoms with Crippen LogP contribution in [0.5, 0.6) is 0 Å². The van der Waals surface area contributed by atoms with Gasteiger partial charge in [0.05, 0.1) is 28.3 Å². The molecule has 4 heterocycles. The third-order valence-corrected chi connectivity index (χ3v) is 6.44. The molecule has 3 aromatic heterocycles. The van der Waals surface area contributed by atoms with Crippen LogP contribution in [0.4, 0.5) is 0 Å². The standard InChI is InChI=1S/C23H23N5OS/c29-23(28-13-11-16-6-5-12-24-19(16)14-28)20-15-30-22(27-20)10-4-3-9-21-25-17-7-1-2-8-18(17)26-21/h1-2,5-8,12,15H,3-4,9-11,13-14H2,(H,25,26). The van der Waals surface area contributed by atoms with Crippen molar-refractivity contribution in [3.8, 4) is 0 Å². The van der Waals surface area contributed by atoms with Crippen molar-refractivity contribution in [3.05, 3.63) is 75.8 Å². The smallest absolute Gasteiger partial charge is 0.273 e. The average molecular weight is 418 g/mol. The van der Waals surface area contributed by atoms with Crippen LogP contribution in [-0.4, -0.2) is 37.3 Å². The van der Waals surface area contributed by atoms with Crippen molar-refractivity contribution >= 4 is 28.3 Å². The fourth-order valence-electron chi connectivity index (χ4n) is 3.91. The number of fused-ring (bicyclic) bond motifs is 2. The van der Waals surface area contributed by atoms with E-state index in [1.807, 2.05) is 34.5 Å². The molecule has 7 heteroatoms. The van der Waals surface area contributed by atoms with Crippen LogP contribution in [0.2, 0.25) is 0 Å². The van der Waals surface area contributed by atoms with E-state index in [0.717, 1.165) is 66.2 Å². The number of rotatable bonds is 6. The van der Waals surface area contributed by atoms with Gasteiger partial charge in [0, 0.05) is 24.5 Å². The molecule has 1 N–H and O–H groups in total. The van der Waals surface area contributed by atoms with E-state index in [2.05, 4.69) is 32.1 Å². The molecule has 6 nitrogen and oxygen atoms in total. The lowest BCUT2D eigenvalue weighted by Crippen LogP contribution is -2.36. The lowest BCUT2D eigenvalue weighted by Gasteiger charge is -2.27. The van der Waals surface area contributed by atoms with Crippen LogP contribution >= 0.6 is 11.3 Å². The Balaban J connectivity index is 1.13. The molecule has 4 aromatic rings. The van der Waals surface area contributed by atoms with Crippen molar-refractivity contribution in [2.45, 2.75) is 38.6 Å². The summed E-state index contributed by atoms with van der Waals surface area (Å²) in [6.07, 6.45) is 6.53. The van der Waals surface area contributed by atoms with E-state index in [1.165, 1.54) is 5.56 Å². The van der Waals surface area contributed by atoms with Gasteiger partial charge in [-0.15, -0.1) is 11.3 Å². The molecule has 0 atom stereocenters. The van der Waals surface area contributed by atoms with Crippen molar-refractivity contribution in [2.75, 3.05) is 6.54 Å². The number of thiazole rings is 1. The van der Waals surface area contributed by atoms with Crippen LogP contribution in [0.1, 0.15) is 45.4 Å². The van der Waals surface area contributed by atoms with Crippen molar-refractivity contribution in [3.63, 3.8) is 0 Å². The average Bonchev–Trinajstić information content (AvgIpc) is 3.42. The van der Waals surface area contributed by atoms with Gasteiger partial charge in [0.25, 0.3) is 5.91 Å². The molecule has 1 aliphatic heterocycles. The number of aryl methyl sites for hydroxylation is 2. The Kier molecular flexibility index (Phi) is 5.27. The molecule has 1 amide bonds. The zero-order valence-electron chi connectivity index (χ0n) is 16.7. The number of aromatic nitrogens is 4. The lowest BCUT2D eigenvalue weighted by molar-refractivity contribution is 0.0726. The van der Waals surface area contributed by atoms with Crippen molar-refractivity contribution < 1.29 is 4.79 Å². The summed E-state index contributed by atoms with van der Waals surface area (Å²) in [5.41, 5.74) is 4.91. The van der Waals surface area contributed by atoms with E-state index in [-0.39, 0.29) is 5.91 Å². The van der Waals surface area contributed by atoms with Crippen LogP contribution < -0.4 is 0 Å². The Hall–Kier alpha value is -3.06. The second-order valence-electron chi connectivity index (χ2n) is 7.62.